The van der Waals surface area contributed by atoms with Crippen molar-refractivity contribution < 1.29 is 14.7 Å². The summed E-state index contributed by atoms with van der Waals surface area (Å²) in [4.78, 5) is 24.8. The molecule has 0 radical (unpaired) electrons. The molecule has 0 saturated heterocycles. The number of amides is 1. The van der Waals surface area contributed by atoms with Gasteiger partial charge in [0.15, 0.2) is 0 Å². The third-order valence-corrected chi connectivity index (χ3v) is 4.94. The summed E-state index contributed by atoms with van der Waals surface area (Å²) in [6, 6.07) is 0. The van der Waals surface area contributed by atoms with Crippen molar-refractivity contribution in [2.75, 3.05) is 13.6 Å². The molecule has 1 amide bonds. The molecule has 2 bridgehead atoms. The zero-order valence-corrected chi connectivity index (χ0v) is 12.0. The minimum Gasteiger partial charge on any atom is -0.478 e. The first-order chi connectivity index (χ1) is 8.90. The lowest BCUT2D eigenvalue weighted by Gasteiger charge is -2.27. The Balaban J connectivity index is 1.96. The number of fused-ring (bicyclic) bond motifs is 2. The van der Waals surface area contributed by atoms with Crippen LogP contribution in [0, 0.1) is 17.8 Å². The lowest BCUT2D eigenvalue weighted by atomic mass is 9.88. The van der Waals surface area contributed by atoms with Crippen LogP contribution in [-0.4, -0.2) is 35.5 Å². The van der Waals surface area contributed by atoms with E-state index in [-0.39, 0.29) is 11.5 Å². The van der Waals surface area contributed by atoms with E-state index in [1.54, 1.807) is 18.9 Å². The predicted molar refractivity (Wildman–Crippen MR) is 72.6 cm³/mol. The maximum absolute atomic E-state index is 12.2. The van der Waals surface area contributed by atoms with Gasteiger partial charge in [-0.2, -0.15) is 0 Å². The number of carboxylic acids is 1. The molecule has 2 fully saturated rings. The lowest BCUT2D eigenvalue weighted by Crippen LogP contribution is -2.34. The summed E-state index contributed by atoms with van der Waals surface area (Å²) in [6.07, 6.45) is 5.23. The Labute approximate surface area is 114 Å². The average Bonchev–Trinajstić information content (AvgIpc) is 2.97. The van der Waals surface area contributed by atoms with Crippen LogP contribution in [0.4, 0.5) is 0 Å². The normalized spacial score (nSPS) is 30.2. The van der Waals surface area contributed by atoms with Crippen molar-refractivity contribution in [1.29, 1.82) is 0 Å². The molecule has 2 aliphatic carbocycles. The molecule has 4 nitrogen and oxygen atoms in total. The molecule has 0 aromatic heterocycles. The second kappa shape index (κ2) is 5.35. The lowest BCUT2D eigenvalue weighted by molar-refractivity contribution is -0.133. The van der Waals surface area contributed by atoms with E-state index in [1.165, 1.54) is 32.6 Å². The Hall–Kier alpha value is -1.32. The molecular weight excluding hydrogens is 242 g/mol. The SMILES string of the molecule is CC(C(=O)O)=C(C)C(=O)N(C)CC1CC2CCC1C2. The number of carbonyl (C=O) groups is 2. The second-order valence-corrected chi connectivity index (χ2v) is 6.18. The van der Waals surface area contributed by atoms with E-state index in [9.17, 15) is 9.59 Å². The molecule has 0 spiro atoms. The largest absolute Gasteiger partial charge is 0.478 e. The Kier molecular flexibility index (Phi) is 3.97. The summed E-state index contributed by atoms with van der Waals surface area (Å²) in [6.45, 7) is 3.86. The van der Waals surface area contributed by atoms with Gasteiger partial charge in [-0.05, 0) is 50.9 Å². The highest BCUT2D eigenvalue weighted by molar-refractivity contribution is 6.01. The minimum absolute atomic E-state index is 0.143. The molecule has 19 heavy (non-hydrogen) atoms. The Morgan fingerprint density at radius 3 is 2.32 bits per heavy atom. The Morgan fingerprint density at radius 2 is 1.84 bits per heavy atom. The number of carbonyl (C=O) groups excluding carboxylic acids is 1. The van der Waals surface area contributed by atoms with E-state index >= 15 is 0 Å². The number of rotatable bonds is 4. The van der Waals surface area contributed by atoms with Crippen LogP contribution in [0.2, 0.25) is 0 Å². The van der Waals surface area contributed by atoms with Gasteiger partial charge in [0, 0.05) is 24.7 Å². The van der Waals surface area contributed by atoms with Gasteiger partial charge in [0.05, 0.1) is 0 Å². The molecule has 2 aliphatic rings. The fourth-order valence-electron chi connectivity index (χ4n) is 3.64. The maximum atomic E-state index is 12.2. The molecule has 106 valence electrons. The van der Waals surface area contributed by atoms with Crippen molar-refractivity contribution in [1.82, 2.24) is 4.90 Å². The second-order valence-electron chi connectivity index (χ2n) is 6.18. The van der Waals surface area contributed by atoms with E-state index in [1.807, 2.05) is 0 Å². The van der Waals surface area contributed by atoms with Gasteiger partial charge in [-0.25, -0.2) is 4.79 Å². The average molecular weight is 265 g/mol. The summed E-state index contributed by atoms with van der Waals surface area (Å²) in [5.41, 5.74) is 0.489. The van der Waals surface area contributed by atoms with Crippen LogP contribution in [0.15, 0.2) is 11.1 Å². The third kappa shape index (κ3) is 2.82. The van der Waals surface area contributed by atoms with E-state index < -0.39 is 5.97 Å². The fraction of sp³-hybridized carbons (Fsp3) is 0.733. The quantitative estimate of drug-likeness (QED) is 0.793. The molecule has 3 unspecified atom stereocenters. The summed E-state index contributed by atoms with van der Waals surface area (Å²) in [7, 11) is 1.78. The van der Waals surface area contributed by atoms with E-state index in [4.69, 9.17) is 5.11 Å². The van der Waals surface area contributed by atoms with Crippen LogP contribution in [0.3, 0.4) is 0 Å². The highest BCUT2D eigenvalue weighted by atomic mass is 16.4. The number of nitrogens with zero attached hydrogens (tertiary/aromatic N) is 1. The molecular formula is C15H23NO3. The molecule has 0 heterocycles. The molecule has 1 N–H and O–H groups in total. The van der Waals surface area contributed by atoms with Crippen LogP contribution in [0.5, 0.6) is 0 Å². The molecule has 0 aromatic rings. The molecule has 0 aliphatic heterocycles. The number of hydrogen-bond donors (Lipinski definition) is 1. The first-order valence-electron chi connectivity index (χ1n) is 7.06. The van der Waals surface area contributed by atoms with Crippen molar-refractivity contribution in [2.24, 2.45) is 17.8 Å². The van der Waals surface area contributed by atoms with E-state index in [0.29, 0.717) is 11.5 Å². The van der Waals surface area contributed by atoms with Gasteiger partial charge in [-0.3, -0.25) is 4.79 Å². The third-order valence-electron chi connectivity index (χ3n) is 4.94. The van der Waals surface area contributed by atoms with Crippen LogP contribution < -0.4 is 0 Å². The molecule has 0 aromatic carbocycles. The number of hydrogen-bond acceptors (Lipinski definition) is 2. The first-order valence-corrected chi connectivity index (χ1v) is 7.06. The van der Waals surface area contributed by atoms with Gasteiger partial charge in [0.2, 0.25) is 5.91 Å². The van der Waals surface area contributed by atoms with Gasteiger partial charge in [-0.15, -0.1) is 0 Å². The molecule has 2 saturated carbocycles. The highest BCUT2D eigenvalue weighted by Gasteiger charge is 2.40. The van der Waals surface area contributed by atoms with Crippen LogP contribution in [-0.2, 0) is 9.59 Å². The van der Waals surface area contributed by atoms with Crippen LogP contribution in [0.25, 0.3) is 0 Å². The maximum Gasteiger partial charge on any atom is 0.331 e. The zero-order valence-electron chi connectivity index (χ0n) is 12.0. The van der Waals surface area contributed by atoms with Crippen molar-refractivity contribution in [3.63, 3.8) is 0 Å². The summed E-state index contributed by atoms with van der Waals surface area (Å²) in [5.74, 6) is 1.11. The smallest absolute Gasteiger partial charge is 0.331 e. The number of likely N-dealkylation sites (N-methyl/N-ethyl adjacent to an activating group) is 1. The van der Waals surface area contributed by atoms with Gasteiger partial charge in [-0.1, -0.05) is 6.42 Å². The Morgan fingerprint density at radius 1 is 1.16 bits per heavy atom. The minimum atomic E-state index is -1.01. The zero-order chi connectivity index (χ0) is 14.2. The monoisotopic (exact) mass is 265 g/mol. The highest BCUT2D eigenvalue weighted by Crippen LogP contribution is 2.48. The number of aliphatic carboxylic acids is 1. The van der Waals surface area contributed by atoms with Gasteiger partial charge >= 0.3 is 5.97 Å². The fourth-order valence-corrected chi connectivity index (χ4v) is 3.64. The number of carboxylic acid groups (broad SMARTS) is 1. The van der Waals surface area contributed by atoms with Crippen molar-refractivity contribution in [3.05, 3.63) is 11.1 Å². The summed E-state index contributed by atoms with van der Waals surface area (Å²) < 4.78 is 0. The topological polar surface area (TPSA) is 57.6 Å². The standard InChI is InChI=1S/C15H23NO3/c1-9(10(2)15(18)19)14(17)16(3)8-13-7-11-4-5-12(13)6-11/h11-13H,4-8H2,1-3H3,(H,18,19). The molecule has 2 rings (SSSR count). The first kappa shape index (κ1) is 14.1. The van der Waals surface area contributed by atoms with Crippen molar-refractivity contribution in [3.8, 4) is 0 Å². The van der Waals surface area contributed by atoms with E-state index in [0.717, 1.165) is 18.4 Å². The van der Waals surface area contributed by atoms with Gasteiger partial charge in [0.1, 0.15) is 0 Å². The predicted octanol–water partition coefficient (Wildman–Crippen LogP) is 2.30. The van der Waals surface area contributed by atoms with Gasteiger partial charge < -0.3 is 10.0 Å². The molecule has 4 heteroatoms. The van der Waals surface area contributed by atoms with Gasteiger partial charge in [0.25, 0.3) is 0 Å². The Bertz CT molecular complexity index is 427. The van der Waals surface area contributed by atoms with Crippen LogP contribution >= 0.6 is 0 Å². The van der Waals surface area contributed by atoms with Crippen molar-refractivity contribution >= 4 is 11.9 Å². The van der Waals surface area contributed by atoms with Crippen molar-refractivity contribution in [2.45, 2.75) is 39.5 Å². The van der Waals surface area contributed by atoms with Crippen LogP contribution in [0.1, 0.15) is 39.5 Å². The summed E-state index contributed by atoms with van der Waals surface area (Å²) in [5, 5.41) is 8.92. The van der Waals surface area contributed by atoms with E-state index in [2.05, 4.69) is 0 Å². The molecule has 3 atom stereocenters. The summed E-state index contributed by atoms with van der Waals surface area (Å²) >= 11 is 0.